The molecular weight excluding hydrogens is 236 g/mol. The lowest BCUT2D eigenvalue weighted by Crippen LogP contribution is -2.26. The van der Waals surface area contributed by atoms with Gasteiger partial charge < -0.3 is 5.11 Å². The highest BCUT2D eigenvalue weighted by atomic mass is 16.3. The van der Waals surface area contributed by atoms with E-state index in [1.54, 1.807) is 6.07 Å². The maximum Gasteiger partial charge on any atom is 0.232 e. The number of phenolic OH excluding ortho intramolecular Hbond substituents is 1. The summed E-state index contributed by atoms with van der Waals surface area (Å²) in [6, 6.07) is 4.25. The van der Waals surface area contributed by atoms with E-state index >= 15 is 0 Å². The Kier molecular flexibility index (Phi) is 3.10. The van der Waals surface area contributed by atoms with E-state index in [9.17, 15) is 19.6 Å². The van der Waals surface area contributed by atoms with Crippen LogP contribution in [0.4, 0.5) is 5.69 Å². The maximum absolute atomic E-state index is 11.7. The first-order chi connectivity index (χ1) is 8.52. The summed E-state index contributed by atoms with van der Waals surface area (Å²) in [7, 11) is 1.45. The van der Waals surface area contributed by atoms with Crippen molar-refractivity contribution in [3.05, 3.63) is 28.7 Å². The molecule has 1 aliphatic heterocycles. The molecule has 6 heteroatoms. The summed E-state index contributed by atoms with van der Waals surface area (Å²) in [5.41, 5.74) is 0.658. The van der Waals surface area contributed by atoms with E-state index in [-0.39, 0.29) is 36.1 Å². The number of hydrogen-bond acceptors (Lipinski definition) is 5. The first kappa shape index (κ1) is 12.2. The van der Waals surface area contributed by atoms with Crippen molar-refractivity contribution in [2.45, 2.75) is 12.8 Å². The van der Waals surface area contributed by atoms with Gasteiger partial charge in [0.15, 0.2) is 0 Å². The molecule has 0 radical (unpaired) electrons. The second kappa shape index (κ2) is 4.56. The SMILES string of the molecule is CN1C(=O)CC(Cc2ccc(N=O)cc2O)C1=O. The zero-order valence-corrected chi connectivity index (χ0v) is 9.79. The molecule has 0 spiro atoms. The van der Waals surface area contributed by atoms with Gasteiger partial charge in [0.2, 0.25) is 11.8 Å². The number of likely N-dealkylation sites (tertiary alicyclic amines) is 1. The van der Waals surface area contributed by atoms with Crippen LogP contribution >= 0.6 is 0 Å². The van der Waals surface area contributed by atoms with E-state index in [1.807, 2.05) is 0 Å². The summed E-state index contributed by atoms with van der Waals surface area (Å²) in [6.45, 7) is 0. The Morgan fingerprint density at radius 3 is 2.67 bits per heavy atom. The smallest absolute Gasteiger partial charge is 0.232 e. The summed E-state index contributed by atoms with van der Waals surface area (Å²) in [5.74, 6) is -0.974. The molecule has 6 nitrogen and oxygen atoms in total. The minimum absolute atomic E-state index is 0.0816. The van der Waals surface area contributed by atoms with Crippen LogP contribution in [-0.2, 0) is 16.0 Å². The van der Waals surface area contributed by atoms with E-state index in [4.69, 9.17) is 0 Å². The minimum atomic E-state index is -0.441. The summed E-state index contributed by atoms with van der Waals surface area (Å²) >= 11 is 0. The van der Waals surface area contributed by atoms with Crippen molar-refractivity contribution in [1.82, 2.24) is 4.90 Å². The monoisotopic (exact) mass is 248 g/mol. The fourth-order valence-electron chi connectivity index (χ4n) is 2.04. The number of phenols is 1. The van der Waals surface area contributed by atoms with Gasteiger partial charge in [-0.15, -0.1) is 4.91 Å². The molecule has 1 aromatic carbocycles. The predicted octanol–water partition coefficient (Wildman–Crippen LogP) is 1.34. The van der Waals surface area contributed by atoms with Gasteiger partial charge in [-0.05, 0) is 23.2 Å². The lowest BCUT2D eigenvalue weighted by molar-refractivity contribution is -0.137. The topological polar surface area (TPSA) is 87.0 Å². The Hall–Kier alpha value is -2.24. The minimum Gasteiger partial charge on any atom is -0.508 e. The molecule has 94 valence electrons. The van der Waals surface area contributed by atoms with Crippen LogP contribution in [0.1, 0.15) is 12.0 Å². The lowest BCUT2D eigenvalue weighted by Gasteiger charge is -2.10. The van der Waals surface area contributed by atoms with Gasteiger partial charge in [-0.2, -0.15) is 0 Å². The van der Waals surface area contributed by atoms with Crippen LogP contribution in [0.2, 0.25) is 0 Å². The van der Waals surface area contributed by atoms with Crippen LogP contribution < -0.4 is 0 Å². The molecule has 1 aliphatic rings. The first-order valence-electron chi connectivity index (χ1n) is 5.48. The van der Waals surface area contributed by atoms with E-state index < -0.39 is 5.92 Å². The number of imide groups is 1. The number of carbonyl (C=O) groups excluding carboxylic acids is 2. The predicted molar refractivity (Wildman–Crippen MR) is 63.1 cm³/mol. The number of hydrogen-bond donors (Lipinski definition) is 1. The fraction of sp³-hybridized carbons (Fsp3) is 0.333. The largest absolute Gasteiger partial charge is 0.508 e. The highest BCUT2D eigenvalue weighted by Gasteiger charge is 2.36. The van der Waals surface area contributed by atoms with Crippen molar-refractivity contribution in [2.24, 2.45) is 11.1 Å². The van der Waals surface area contributed by atoms with Crippen LogP contribution in [-0.4, -0.2) is 28.9 Å². The zero-order valence-electron chi connectivity index (χ0n) is 9.79. The molecular formula is C12H12N2O4. The number of rotatable bonds is 3. The molecule has 2 amide bonds. The Bertz CT molecular complexity index is 527. The number of benzene rings is 1. The summed E-state index contributed by atoms with van der Waals surface area (Å²) < 4.78 is 0. The average molecular weight is 248 g/mol. The zero-order chi connectivity index (χ0) is 13.3. The summed E-state index contributed by atoms with van der Waals surface area (Å²) in [5, 5.41) is 12.4. The van der Waals surface area contributed by atoms with E-state index in [1.165, 1.54) is 19.2 Å². The van der Waals surface area contributed by atoms with Crippen LogP contribution in [0.15, 0.2) is 23.4 Å². The maximum atomic E-state index is 11.7. The molecule has 0 saturated carbocycles. The van der Waals surface area contributed by atoms with Crippen molar-refractivity contribution >= 4 is 17.5 Å². The molecule has 18 heavy (non-hydrogen) atoms. The second-order valence-electron chi connectivity index (χ2n) is 4.30. The van der Waals surface area contributed by atoms with Crippen molar-refractivity contribution in [3.63, 3.8) is 0 Å². The lowest BCUT2D eigenvalue weighted by atomic mass is 9.97. The van der Waals surface area contributed by atoms with E-state index in [2.05, 4.69) is 5.18 Å². The molecule has 1 unspecified atom stereocenters. The Labute approximate surface area is 103 Å². The first-order valence-corrected chi connectivity index (χ1v) is 5.48. The molecule has 1 aromatic rings. The van der Waals surface area contributed by atoms with Crippen LogP contribution in [0.25, 0.3) is 0 Å². The third kappa shape index (κ3) is 2.09. The average Bonchev–Trinajstić information content (AvgIpc) is 2.59. The molecule has 1 heterocycles. The van der Waals surface area contributed by atoms with Crippen LogP contribution in [0.3, 0.4) is 0 Å². The third-order valence-electron chi connectivity index (χ3n) is 3.12. The van der Waals surface area contributed by atoms with Gasteiger partial charge in [0.25, 0.3) is 0 Å². The van der Waals surface area contributed by atoms with Crippen molar-refractivity contribution in [2.75, 3.05) is 7.05 Å². The van der Waals surface area contributed by atoms with Gasteiger partial charge >= 0.3 is 0 Å². The number of carbonyl (C=O) groups is 2. The van der Waals surface area contributed by atoms with Gasteiger partial charge in [0.05, 0.1) is 5.92 Å². The van der Waals surface area contributed by atoms with Crippen molar-refractivity contribution < 1.29 is 14.7 Å². The molecule has 0 bridgehead atoms. The molecule has 1 atom stereocenters. The van der Waals surface area contributed by atoms with E-state index in [0.717, 1.165) is 4.90 Å². The number of aromatic hydroxyl groups is 1. The fourth-order valence-corrected chi connectivity index (χ4v) is 2.04. The molecule has 1 saturated heterocycles. The number of amides is 2. The Morgan fingerprint density at radius 1 is 1.44 bits per heavy atom. The van der Waals surface area contributed by atoms with Crippen molar-refractivity contribution in [1.29, 1.82) is 0 Å². The Balaban J connectivity index is 2.18. The quantitative estimate of drug-likeness (QED) is 0.645. The second-order valence-corrected chi connectivity index (χ2v) is 4.30. The molecule has 0 aromatic heterocycles. The van der Waals surface area contributed by atoms with Gasteiger partial charge in [-0.25, -0.2) is 0 Å². The van der Waals surface area contributed by atoms with Crippen LogP contribution in [0.5, 0.6) is 5.75 Å². The highest BCUT2D eigenvalue weighted by molar-refractivity contribution is 6.03. The molecule has 2 rings (SSSR count). The summed E-state index contributed by atoms with van der Waals surface area (Å²) in [4.78, 5) is 34.5. The van der Waals surface area contributed by atoms with Gasteiger partial charge in [-0.1, -0.05) is 6.07 Å². The normalized spacial score (nSPS) is 19.4. The van der Waals surface area contributed by atoms with Crippen molar-refractivity contribution in [3.8, 4) is 5.75 Å². The molecule has 0 aliphatic carbocycles. The number of nitroso groups, excluding NO2 is 1. The number of nitrogens with zero attached hydrogens (tertiary/aromatic N) is 2. The standard InChI is InChI=1S/C12H12N2O4/c1-14-11(16)5-8(12(14)17)4-7-2-3-9(13-18)6-10(7)15/h2-3,6,8,15H,4-5H2,1H3. The van der Waals surface area contributed by atoms with Crippen LogP contribution in [0, 0.1) is 10.8 Å². The molecule has 1 N–H and O–H groups in total. The highest BCUT2D eigenvalue weighted by Crippen LogP contribution is 2.29. The summed E-state index contributed by atoms with van der Waals surface area (Å²) in [6.07, 6.45) is 0.433. The molecule has 1 fully saturated rings. The van der Waals surface area contributed by atoms with E-state index in [0.29, 0.717) is 5.56 Å². The van der Waals surface area contributed by atoms with Gasteiger partial charge in [0, 0.05) is 19.5 Å². The van der Waals surface area contributed by atoms with Gasteiger partial charge in [0.1, 0.15) is 11.4 Å². The Morgan fingerprint density at radius 2 is 2.17 bits per heavy atom. The van der Waals surface area contributed by atoms with Gasteiger partial charge in [-0.3, -0.25) is 14.5 Å². The third-order valence-corrected chi connectivity index (χ3v) is 3.12.